The Labute approximate surface area is 202 Å². The second kappa shape index (κ2) is 10.8. The Balaban J connectivity index is 1.60. The fourth-order valence-corrected chi connectivity index (χ4v) is 5.25. The molecule has 186 valence electrons. The topological polar surface area (TPSA) is 76.7 Å². The van der Waals surface area contributed by atoms with Crippen LogP contribution in [0.1, 0.15) is 82.6 Å². The molecule has 1 atom stereocenters. The van der Waals surface area contributed by atoms with Gasteiger partial charge in [0.1, 0.15) is 17.0 Å². The predicted octanol–water partition coefficient (Wildman–Crippen LogP) is 5.01. The third kappa shape index (κ3) is 5.24. The number of ether oxygens (including phenoxy) is 1. The van der Waals surface area contributed by atoms with Crippen LogP contribution >= 0.6 is 0 Å². The maximum absolute atomic E-state index is 13.8. The second-order valence-electron chi connectivity index (χ2n) is 10.2. The van der Waals surface area contributed by atoms with Crippen LogP contribution in [0.5, 0.6) is 0 Å². The molecule has 0 saturated heterocycles. The molecule has 2 aromatic heterocycles. The standard InChI is InChI=1S/C27H39N3O4/c1-20(2)33-18-10-16-30-25(31)23-15-14-22(24-13-9-17-34-24)29(23)19-27(30,3)26(32)28-21-11-7-5-4-6-8-12-21/h9,13-15,17,20-21H,4-8,10-12,16,18-19H2,1-3H3,(H,28,32)/t27-/m0/s1. The van der Waals surface area contributed by atoms with Crippen LogP contribution in [-0.2, 0) is 16.1 Å². The van der Waals surface area contributed by atoms with Crippen LogP contribution in [0.2, 0.25) is 0 Å². The number of furan rings is 1. The summed E-state index contributed by atoms with van der Waals surface area (Å²) < 4.78 is 13.3. The summed E-state index contributed by atoms with van der Waals surface area (Å²) in [5, 5.41) is 3.33. The van der Waals surface area contributed by atoms with E-state index in [1.807, 2.05) is 49.6 Å². The Bertz CT molecular complexity index is 957. The van der Waals surface area contributed by atoms with Gasteiger partial charge >= 0.3 is 0 Å². The fraction of sp³-hybridized carbons (Fsp3) is 0.630. The van der Waals surface area contributed by atoms with E-state index in [0.29, 0.717) is 37.6 Å². The van der Waals surface area contributed by atoms with Gasteiger partial charge in [-0.15, -0.1) is 0 Å². The highest BCUT2D eigenvalue weighted by molar-refractivity contribution is 6.00. The third-order valence-electron chi connectivity index (χ3n) is 7.19. The first-order valence-corrected chi connectivity index (χ1v) is 12.9. The molecule has 7 nitrogen and oxygen atoms in total. The van der Waals surface area contributed by atoms with E-state index in [-0.39, 0.29) is 24.0 Å². The van der Waals surface area contributed by atoms with Crippen molar-refractivity contribution in [3.05, 3.63) is 36.2 Å². The molecule has 34 heavy (non-hydrogen) atoms. The normalized spacial score (nSPS) is 21.9. The second-order valence-corrected chi connectivity index (χ2v) is 10.2. The molecule has 4 rings (SSSR count). The van der Waals surface area contributed by atoms with Crippen LogP contribution in [0.25, 0.3) is 11.5 Å². The van der Waals surface area contributed by atoms with Crippen LogP contribution in [0.3, 0.4) is 0 Å². The molecule has 2 amide bonds. The number of carbonyl (C=O) groups is 2. The van der Waals surface area contributed by atoms with Gasteiger partial charge < -0.3 is 23.9 Å². The number of hydrogen-bond donors (Lipinski definition) is 1. The molecule has 0 bridgehead atoms. The van der Waals surface area contributed by atoms with Crippen LogP contribution in [0, 0.1) is 0 Å². The lowest BCUT2D eigenvalue weighted by Crippen LogP contribution is -2.65. The number of hydrogen-bond acceptors (Lipinski definition) is 4. The van der Waals surface area contributed by atoms with Crippen molar-refractivity contribution in [2.75, 3.05) is 13.2 Å². The number of rotatable bonds is 8. The Morgan fingerprint density at radius 2 is 1.85 bits per heavy atom. The summed E-state index contributed by atoms with van der Waals surface area (Å²) in [5.74, 6) is 0.505. The van der Waals surface area contributed by atoms with Crippen LogP contribution in [0.15, 0.2) is 34.9 Å². The van der Waals surface area contributed by atoms with Crippen molar-refractivity contribution in [2.24, 2.45) is 0 Å². The van der Waals surface area contributed by atoms with Crippen LogP contribution < -0.4 is 5.32 Å². The molecule has 1 aliphatic heterocycles. The predicted molar refractivity (Wildman–Crippen MR) is 132 cm³/mol. The minimum absolute atomic E-state index is 0.0686. The average Bonchev–Trinajstić information content (AvgIpc) is 3.44. The van der Waals surface area contributed by atoms with Crippen molar-refractivity contribution >= 4 is 11.8 Å². The zero-order chi connectivity index (χ0) is 24.1. The molecule has 1 N–H and O–H groups in total. The van der Waals surface area contributed by atoms with Gasteiger partial charge in [-0.3, -0.25) is 9.59 Å². The summed E-state index contributed by atoms with van der Waals surface area (Å²) in [7, 11) is 0. The molecule has 0 spiro atoms. The van der Waals surface area contributed by atoms with E-state index in [0.717, 1.165) is 31.4 Å². The first-order valence-electron chi connectivity index (χ1n) is 12.9. The molecular weight excluding hydrogens is 430 g/mol. The highest BCUT2D eigenvalue weighted by Crippen LogP contribution is 2.34. The lowest BCUT2D eigenvalue weighted by Gasteiger charge is -2.45. The monoisotopic (exact) mass is 469 g/mol. The van der Waals surface area contributed by atoms with Crippen molar-refractivity contribution in [3.63, 3.8) is 0 Å². The lowest BCUT2D eigenvalue weighted by molar-refractivity contribution is -0.134. The maximum Gasteiger partial charge on any atom is 0.271 e. The SMILES string of the molecule is CC(C)OCCCN1C(=O)c2ccc(-c3ccco3)n2C[C@@]1(C)C(=O)NC1CCCCCCC1. The van der Waals surface area contributed by atoms with E-state index in [2.05, 4.69) is 5.32 Å². The number of fused-ring (bicyclic) bond motifs is 1. The molecule has 0 unspecified atom stereocenters. The van der Waals surface area contributed by atoms with Gasteiger partial charge in [0.05, 0.1) is 24.6 Å². The molecule has 2 aromatic rings. The number of carbonyl (C=O) groups excluding carboxylic acids is 2. The molecular formula is C27H39N3O4. The molecule has 1 fully saturated rings. The van der Waals surface area contributed by atoms with E-state index in [1.165, 1.54) is 19.3 Å². The van der Waals surface area contributed by atoms with Crippen molar-refractivity contribution < 1.29 is 18.7 Å². The largest absolute Gasteiger partial charge is 0.463 e. The average molecular weight is 470 g/mol. The minimum Gasteiger partial charge on any atom is -0.463 e. The van der Waals surface area contributed by atoms with Gasteiger partial charge in [-0.2, -0.15) is 0 Å². The van der Waals surface area contributed by atoms with Gasteiger partial charge in [0.15, 0.2) is 0 Å². The highest BCUT2D eigenvalue weighted by atomic mass is 16.5. The number of aromatic nitrogens is 1. The first kappa shape index (κ1) is 24.6. The van der Waals surface area contributed by atoms with Crippen molar-refractivity contribution in [1.82, 2.24) is 14.8 Å². The molecule has 2 aliphatic rings. The Hall–Kier alpha value is -2.54. The van der Waals surface area contributed by atoms with E-state index in [4.69, 9.17) is 9.15 Å². The van der Waals surface area contributed by atoms with Crippen molar-refractivity contribution in [1.29, 1.82) is 0 Å². The summed E-state index contributed by atoms with van der Waals surface area (Å²) >= 11 is 0. The summed E-state index contributed by atoms with van der Waals surface area (Å²) in [6.07, 6.45) is 10.5. The zero-order valence-corrected chi connectivity index (χ0v) is 20.8. The molecule has 1 saturated carbocycles. The molecule has 7 heteroatoms. The van der Waals surface area contributed by atoms with Crippen molar-refractivity contribution in [2.45, 2.75) is 96.4 Å². The van der Waals surface area contributed by atoms with Crippen LogP contribution in [0.4, 0.5) is 0 Å². The molecule has 1 aliphatic carbocycles. The van der Waals surface area contributed by atoms with Gasteiger partial charge in [0, 0.05) is 19.2 Å². The van der Waals surface area contributed by atoms with Gasteiger partial charge in [0.25, 0.3) is 5.91 Å². The minimum atomic E-state index is -0.995. The van der Waals surface area contributed by atoms with E-state index in [1.54, 1.807) is 11.2 Å². The maximum atomic E-state index is 13.8. The Kier molecular flexibility index (Phi) is 7.81. The van der Waals surface area contributed by atoms with E-state index in [9.17, 15) is 9.59 Å². The third-order valence-corrected chi connectivity index (χ3v) is 7.19. The smallest absolute Gasteiger partial charge is 0.271 e. The first-order chi connectivity index (χ1) is 16.4. The quantitative estimate of drug-likeness (QED) is 0.552. The summed E-state index contributed by atoms with van der Waals surface area (Å²) in [4.78, 5) is 29.3. The number of nitrogens with zero attached hydrogens (tertiary/aromatic N) is 2. The lowest BCUT2D eigenvalue weighted by atomic mass is 9.92. The van der Waals surface area contributed by atoms with E-state index >= 15 is 0 Å². The van der Waals surface area contributed by atoms with Gasteiger partial charge in [-0.25, -0.2) is 0 Å². The van der Waals surface area contributed by atoms with Crippen molar-refractivity contribution in [3.8, 4) is 11.5 Å². The Morgan fingerprint density at radius 3 is 2.53 bits per heavy atom. The molecule has 0 radical (unpaired) electrons. The summed E-state index contributed by atoms with van der Waals surface area (Å²) in [6.45, 7) is 7.33. The summed E-state index contributed by atoms with van der Waals surface area (Å²) in [5.41, 5.74) is 0.415. The number of nitrogens with one attached hydrogen (secondary N) is 1. The molecule has 3 heterocycles. The highest BCUT2D eigenvalue weighted by Gasteiger charge is 2.48. The fourth-order valence-electron chi connectivity index (χ4n) is 5.25. The number of amides is 2. The van der Waals surface area contributed by atoms with Crippen LogP contribution in [-0.4, -0.2) is 52.1 Å². The Morgan fingerprint density at radius 1 is 1.15 bits per heavy atom. The van der Waals surface area contributed by atoms with E-state index < -0.39 is 5.54 Å². The zero-order valence-electron chi connectivity index (χ0n) is 20.8. The molecule has 0 aromatic carbocycles. The van der Waals surface area contributed by atoms with Gasteiger partial charge in [-0.1, -0.05) is 32.1 Å². The van der Waals surface area contributed by atoms with Gasteiger partial charge in [-0.05, 0) is 64.3 Å². The summed E-state index contributed by atoms with van der Waals surface area (Å²) in [6, 6.07) is 7.63. The van der Waals surface area contributed by atoms with Gasteiger partial charge in [0.2, 0.25) is 5.91 Å².